The van der Waals surface area contributed by atoms with Crippen LogP contribution in [-0.4, -0.2) is 24.7 Å². The van der Waals surface area contributed by atoms with Gasteiger partial charge in [0.15, 0.2) is 0 Å². The lowest BCUT2D eigenvalue weighted by atomic mass is 9.64. The van der Waals surface area contributed by atoms with E-state index in [-0.39, 0.29) is 22.3 Å². The van der Waals surface area contributed by atoms with Gasteiger partial charge in [-0.3, -0.25) is 4.79 Å². The van der Waals surface area contributed by atoms with E-state index in [0.717, 1.165) is 24.3 Å². The standard InChI is InChI=1S/C25H27ClN2O4/c1-23(2)24(3)13-14-25(23,22(30)27-16-9-11-17(31-4)12-10-16)15-20(24)28-32-21(29)18-7-5-6-8-19(18)26/h5-12H,13-15H2,1-4H3,(H,27,30). The van der Waals surface area contributed by atoms with Crippen molar-refractivity contribution in [3.63, 3.8) is 0 Å². The Kier molecular flexibility index (Phi) is 5.53. The van der Waals surface area contributed by atoms with E-state index in [1.165, 1.54) is 0 Å². The Hall–Kier alpha value is -2.86. The van der Waals surface area contributed by atoms with Gasteiger partial charge in [0, 0.05) is 17.5 Å². The maximum Gasteiger partial charge on any atom is 0.367 e. The smallest absolute Gasteiger partial charge is 0.367 e. The number of ether oxygens (including phenoxy) is 1. The summed E-state index contributed by atoms with van der Waals surface area (Å²) < 4.78 is 5.19. The molecule has 2 aromatic carbocycles. The van der Waals surface area contributed by atoms with Gasteiger partial charge in [0.2, 0.25) is 5.91 Å². The van der Waals surface area contributed by atoms with Crippen molar-refractivity contribution in [3.8, 4) is 5.75 Å². The Bertz CT molecular complexity index is 1100. The summed E-state index contributed by atoms with van der Waals surface area (Å²) in [7, 11) is 1.60. The van der Waals surface area contributed by atoms with E-state index in [9.17, 15) is 9.59 Å². The van der Waals surface area contributed by atoms with E-state index in [1.54, 1.807) is 31.4 Å². The Morgan fingerprint density at radius 2 is 1.72 bits per heavy atom. The van der Waals surface area contributed by atoms with Crippen LogP contribution in [0, 0.1) is 16.2 Å². The fourth-order valence-electron chi connectivity index (χ4n) is 5.22. The third kappa shape index (κ3) is 3.28. The first-order chi connectivity index (χ1) is 15.1. The molecular formula is C25H27ClN2O4. The monoisotopic (exact) mass is 454 g/mol. The molecule has 1 N–H and O–H groups in total. The lowest BCUT2D eigenvalue weighted by Crippen LogP contribution is -2.43. The lowest BCUT2D eigenvalue weighted by Gasteiger charge is -2.39. The molecule has 6 nitrogen and oxygen atoms in total. The first-order valence-electron chi connectivity index (χ1n) is 10.6. The van der Waals surface area contributed by atoms with E-state index < -0.39 is 11.4 Å². The molecule has 7 heteroatoms. The Balaban J connectivity index is 1.58. The van der Waals surface area contributed by atoms with Gasteiger partial charge in [-0.2, -0.15) is 0 Å². The van der Waals surface area contributed by atoms with Gasteiger partial charge in [0.25, 0.3) is 0 Å². The van der Waals surface area contributed by atoms with Crippen LogP contribution < -0.4 is 10.1 Å². The lowest BCUT2D eigenvalue weighted by molar-refractivity contribution is -0.130. The summed E-state index contributed by atoms with van der Waals surface area (Å²) >= 11 is 6.10. The van der Waals surface area contributed by atoms with Crippen LogP contribution in [-0.2, 0) is 9.63 Å². The molecule has 2 bridgehead atoms. The number of carbonyl (C=O) groups is 2. The predicted octanol–water partition coefficient (Wildman–Crippen LogP) is 5.72. The van der Waals surface area contributed by atoms with E-state index in [0.29, 0.717) is 17.1 Å². The zero-order valence-electron chi connectivity index (χ0n) is 18.7. The summed E-state index contributed by atoms with van der Waals surface area (Å²) in [6, 6.07) is 14.0. The molecule has 1 amide bonds. The minimum Gasteiger partial charge on any atom is -0.497 e. The van der Waals surface area contributed by atoms with Crippen LogP contribution in [0.3, 0.4) is 0 Å². The average Bonchev–Trinajstić information content (AvgIpc) is 3.09. The molecule has 0 saturated heterocycles. The van der Waals surface area contributed by atoms with Crippen LogP contribution in [0.2, 0.25) is 5.02 Å². The molecule has 2 aliphatic carbocycles. The Labute approximate surface area is 192 Å². The molecule has 0 heterocycles. The Morgan fingerprint density at radius 3 is 2.38 bits per heavy atom. The molecule has 2 aliphatic rings. The number of carbonyl (C=O) groups excluding carboxylic acids is 2. The molecule has 2 atom stereocenters. The second-order valence-electron chi connectivity index (χ2n) is 9.30. The minimum absolute atomic E-state index is 0.0426. The largest absolute Gasteiger partial charge is 0.497 e. The maximum absolute atomic E-state index is 13.5. The van der Waals surface area contributed by atoms with Crippen molar-refractivity contribution in [2.45, 2.75) is 40.0 Å². The third-order valence-electron chi connectivity index (χ3n) is 7.85. The first-order valence-corrected chi connectivity index (χ1v) is 11.0. The number of nitrogens with zero attached hydrogens (tertiary/aromatic N) is 1. The summed E-state index contributed by atoms with van der Waals surface area (Å²) in [5.41, 5.74) is 0.344. The van der Waals surface area contributed by atoms with Crippen molar-refractivity contribution in [3.05, 3.63) is 59.1 Å². The van der Waals surface area contributed by atoms with Crippen molar-refractivity contribution >= 4 is 34.9 Å². The fraction of sp³-hybridized carbons (Fsp3) is 0.400. The SMILES string of the molecule is COc1ccc(NC(=O)C23CCC(C)(C(=NOC(=O)c4ccccc4Cl)C2)C3(C)C)cc1. The Morgan fingerprint density at radius 1 is 1.03 bits per heavy atom. The third-order valence-corrected chi connectivity index (χ3v) is 8.18. The number of benzene rings is 2. The average molecular weight is 455 g/mol. The van der Waals surface area contributed by atoms with Crippen LogP contribution in [0.5, 0.6) is 5.75 Å². The molecule has 2 fully saturated rings. The molecule has 0 aliphatic heterocycles. The summed E-state index contributed by atoms with van der Waals surface area (Å²) in [5.74, 6) is 0.0774. The van der Waals surface area contributed by atoms with Crippen LogP contribution >= 0.6 is 11.6 Å². The summed E-state index contributed by atoms with van der Waals surface area (Å²) in [5, 5.41) is 7.64. The number of hydrogen-bond donors (Lipinski definition) is 1. The molecule has 2 saturated carbocycles. The van der Waals surface area contributed by atoms with Crippen LogP contribution in [0.4, 0.5) is 5.69 Å². The van der Waals surface area contributed by atoms with Gasteiger partial charge in [-0.15, -0.1) is 0 Å². The zero-order valence-corrected chi connectivity index (χ0v) is 19.5. The number of halogens is 1. The molecule has 4 rings (SSSR count). The molecule has 2 aromatic rings. The van der Waals surface area contributed by atoms with Gasteiger partial charge < -0.3 is 14.9 Å². The normalized spacial score (nSPS) is 26.7. The maximum atomic E-state index is 13.5. The van der Waals surface area contributed by atoms with Crippen molar-refractivity contribution in [2.24, 2.45) is 21.4 Å². The van der Waals surface area contributed by atoms with Crippen LogP contribution in [0.25, 0.3) is 0 Å². The van der Waals surface area contributed by atoms with Crippen molar-refractivity contribution in [1.29, 1.82) is 0 Å². The van der Waals surface area contributed by atoms with E-state index in [2.05, 4.69) is 31.2 Å². The number of amides is 1. The zero-order chi connectivity index (χ0) is 23.1. The predicted molar refractivity (Wildman–Crippen MR) is 124 cm³/mol. The van der Waals surface area contributed by atoms with E-state index in [1.807, 2.05) is 24.3 Å². The van der Waals surface area contributed by atoms with Gasteiger partial charge in [0.1, 0.15) is 5.75 Å². The highest BCUT2D eigenvalue weighted by Gasteiger charge is 2.71. The molecule has 0 spiro atoms. The van der Waals surface area contributed by atoms with E-state index >= 15 is 0 Å². The van der Waals surface area contributed by atoms with Gasteiger partial charge in [0.05, 0.1) is 28.8 Å². The van der Waals surface area contributed by atoms with Gasteiger partial charge in [-0.25, -0.2) is 4.79 Å². The molecule has 0 radical (unpaired) electrons. The molecular weight excluding hydrogens is 428 g/mol. The minimum atomic E-state index is -0.642. The number of methoxy groups -OCH3 is 1. The van der Waals surface area contributed by atoms with Crippen molar-refractivity contribution < 1.29 is 19.2 Å². The summed E-state index contributed by atoms with van der Waals surface area (Å²) in [6.45, 7) is 6.31. The summed E-state index contributed by atoms with van der Waals surface area (Å²) in [6.07, 6.45) is 1.97. The van der Waals surface area contributed by atoms with Crippen molar-refractivity contribution in [1.82, 2.24) is 0 Å². The highest BCUT2D eigenvalue weighted by Crippen LogP contribution is 2.71. The second kappa shape index (κ2) is 7.93. The quantitative estimate of drug-likeness (QED) is 0.463. The number of fused-ring (bicyclic) bond motifs is 2. The first kappa shape index (κ1) is 22.3. The second-order valence-corrected chi connectivity index (χ2v) is 9.70. The number of anilines is 1. The highest BCUT2D eigenvalue weighted by atomic mass is 35.5. The van der Waals surface area contributed by atoms with Gasteiger partial charge in [-0.1, -0.05) is 49.7 Å². The van der Waals surface area contributed by atoms with Crippen LogP contribution in [0.15, 0.2) is 53.7 Å². The molecule has 32 heavy (non-hydrogen) atoms. The van der Waals surface area contributed by atoms with Crippen molar-refractivity contribution in [2.75, 3.05) is 12.4 Å². The molecule has 0 aromatic heterocycles. The fourth-order valence-corrected chi connectivity index (χ4v) is 5.43. The van der Waals surface area contributed by atoms with Gasteiger partial charge >= 0.3 is 5.97 Å². The summed E-state index contributed by atoms with van der Waals surface area (Å²) in [4.78, 5) is 31.3. The number of oxime groups is 1. The van der Waals surface area contributed by atoms with Crippen LogP contribution in [0.1, 0.15) is 50.4 Å². The number of nitrogens with one attached hydrogen (secondary N) is 1. The molecule has 168 valence electrons. The van der Waals surface area contributed by atoms with E-state index in [4.69, 9.17) is 21.2 Å². The topological polar surface area (TPSA) is 77.0 Å². The molecule has 2 unspecified atom stereocenters. The number of hydrogen-bond acceptors (Lipinski definition) is 5. The number of rotatable bonds is 5. The van der Waals surface area contributed by atoms with Gasteiger partial charge in [-0.05, 0) is 54.7 Å². The highest BCUT2D eigenvalue weighted by molar-refractivity contribution is 6.33.